The highest BCUT2D eigenvalue weighted by Crippen LogP contribution is 2.35. The number of hydrogen-bond acceptors (Lipinski definition) is 5. The second kappa shape index (κ2) is 6.95. The average molecular weight is 309 g/mol. The molecule has 0 bridgehead atoms. The van der Waals surface area contributed by atoms with Gasteiger partial charge in [0.15, 0.2) is 11.5 Å². The Labute approximate surface area is 117 Å². The van der Waals surface area contributed by atoms with E-state index in [0.29, 0.717) is 24.5 Å². The normalized spacial score (nSPS) is 11.4. The Hall–Kier alpha value is -1.02. The molecule has 0 spiro atoms. The van der Waals surface area contributed by atoms with Crippen LogP contribution in [0.5, 0.6) is 11.5 Å². The zero-order valence-corrected chi connectivity index (χ0v) is 12.3. The molecule has 8 heteroatoms. The van der Waals surface area contributed by atoms with Gasteiger partial charge in [-0.1, -0.05) is 11.6 Å². The van der Waals surface area contributed by atoms with E-state index in [-0.39, 0.29) is 16.5 Å². The van der Waals surface area contributed by atoms with Crippen LogP contribution >= 0.6 is 11.6 Å². The largest absolute Gasteiger partial charge is 0.493 e. The highest BCUT2D eigenvalue weighted by atomic mass is 35.5. The third-order valence-corrected chi connectivity index (χ3v) is 4.33. The van der Waals surface area contributed by atoms with E-state index in [1.807, 2.05) is 0 Å². The van der Waals surface area contributed by atoms with Crippen LogP contribution < -0.4 is 19.9 Å². The van der Waals surface area contributed by atoms with Crippen LogP contribution in [0.4, 0.5) is 0 Å². The number of ether oxygens (including phenoxy) is 2. The Morgan fingerprint density at radius 1 is 1.26 bits per heavy atom. The fourth-order valence-electron chi connectivity index (χ4n) is 1.43. The van der Waals surface area contributed by atoms with Crippen molar-refractivity contribution in [2.45, 2.75) is 11.3 Å². The van der Waals surface area contributed by atoms with E-state index in [2.05, 4.69) is 4.72 Å². The molecule has 0 amide bonds. The molecular formula is C11H17ClN2O4S. The second-order valence-corrected chi connectivity index (χ2v) is 5.82. The van der Waals surface area contributed by atoms with E-state index in [9.17, 15) is 8.42 Å². The molecule has 0 aliphatic carbocycles. The van der Waals surface area contributed by atoms with Gasteiger partial charge in [-0.05, 0) is 13.0 Å². The number of rotatable bonds is 7. The quantitative estimate of drug-likeness (QED) is 0.733. The smallest absolute Gasteiger partial charge is 0.242 e. The summed E-state index contributed by atoms with van der Waals surface area (Å²) in [5.74, 6) is 0.666. The van der Waals surface area contributed by atoms with Crippen molar-refractivity contribution in [2.24, 2.45) is 5.73 Å². The highest BCUT2D eigenvalue weighted by molar-refractivity contribution is 7.89. The van der Waals surface area contributed by atoms with Crippen molar-refractivity contribution in [3.8, 4) is 11.5 Å². The number of nitrogens with one attached hydrogen (secondary N) is 1. The number of methoxy groups -OCH3 is 2. The summed E-state index contributed by atoms with van der Waals surface area (Å²) < 4.78 is 36.6. The second-order valence-electron chi connectivity index (χ2n) is 3.68. The minimum absolute atomic E-state index is 0.0520. The first-order valence-corrected chi connectivity index (χ1v) is 7.43. The molecule has 0 aliphatic heterocycles. The third kappa shape index (κ3) is 3.97. The van der Waals surface area contributed by atoms with Crippen molar-refractivity contribution in [2.75, 3.05) is 27.3 Å². The number of benzene rings is 1. The van der Waals surface area contributed by atoms with Gasteiger partial charge in [-0.25, -0.2) is 13.1 Å². The third-order valence-electron chi connectivity index (χ3n) is 2.40. The summed E-state index contributed by atoms with van der Waals surface area (Å²) in [5, 5.41) is 0.0675. The van der Waals surface area contributed by atoms with Crippen LogP contribution in [0, 0.1) is 0 Å². The zero-order valence-electron chi connectivity index (χ0n) is 10.8. The van der Waals surface area contributed by atoms with Crippen LogP contribution in [0.3, 0.4) is 0 Å². The number of sulfonamides is 1. The van der Waals surface area contributed by atoms with Crippen molar-refractivity contribution in [3.05, 3.63) is 17.2 Å². The van der Waals surface area contributed by atoms with Crippen LogP contribution in [-0.2, 0) is 10.0 Å². The topological polar surface area (TPSA) is 90.7 Å². The Morgan fingerprint density at radius 3 is 2.37 bits per heavy atom. The zero-order chi connectivity index (χ0) is 14.5. The molecule has 6 nitrogen and oxygen atoms in total. The maximum atomic E-state index is 12.1. The van der Waals surface area contributed by atoms with Gasteiger partial charge >= 0.3 is 0 Å². The fourth-order valence-corrected chi connectivity index (χ4v) is 3.03. The predicted octanol–water partition coefficient (Wildman–Crippen LogP) is 0.984. The molecule has 3 N–H and O–H groups in total. The monoisotopic (exact) mass is 308 g/mol. The summed E-state index contributed by atoms with van der Waals surface area (Å²) in [6.45, 7) is 0.658. The van der Waals surface area contributed by atoms with Crippen LogP contribution in [-0.4, -0.2) is 35.7 Å². The van der Waals surface area contributed by atoms with Crippen molar-refractivity contribution >= 4 is 21.6 Å². The molecular weight excluding hydrogens is 292 g/mol. The minimum atomic E-state index is -3.69. The van der Waals surface area contributed by atoms with Gasteiger partial charge in [-0.2, -0.15) is 0 Å². The van der Waals surface area contributed by atoms with Crippen molar-refractivity contribution < 1.29 is 17.9 Å². The molecule has 0 atom stereocenters. The lowest BCUT2D eigenvalue weighted by Crippen LogP contribution is -2.26. The lowest BCUT2D eigenvalue weighted by Gasteiger charge is -2.12. The SMILES string of the molecule is COc1cc(Cl)c(S(=O)(=O)NCCCN)cc1OC. The molecule has 0 heterocycles. The van der Waals surface area contributed by atoms with Crippen molar-refractivity contribution in [1.82, 2.24) is 4.72 Å². The lowest BCUT2D eigenvalue weighted by atomic mass is 10.3. The van der Waals surface area contributed by atoms with Gasteiger partial charge in [-0.15, -0.1) is 0 Å². The Bertz CT molecular complexity index is 534. The maximum absolute atomic E-state index is 12.1. The molecule has 0 saturated heterocycles. The molecule has 1 aromatic rings. The summed E-state index contributed by atoms with van der Waals surface area (Å²) in [5.41, 5.74) is 5.31. The van der Waals surface area contributed by atoms with Crippen molar-refractivity contribution in [3.63, 3.8) is 0 Å². The first-order chi connectivity index (χ1) is 8.96. The lowest BCUT2D eigenvalue weighted by molar-refractivity contribution is 0.354. The van der Waals surface area contributed by atoms with Gasteiger partial charge in [0.1, 0.15) is 4.90 Å². The molecule has 0 aromatic heterocycles. The van der Waals surface area contributed by atoms with Crippen molar-refractivity contribution in [1.29, 1.82) is 0 Å². The maximum Gasteiger partial charge on any atom is 0.242 e. The number of nitrogens with two attached hydrogens (primary N) is 1. The van der Waals surface area contributed by atoms with E-state index in [1.54, 1.807) is 0 Å². The van der Waals surface area contributed by atoms with Gasteiger partial charge in [-0.3, -0.25) is 0 Å². The molecule has 0 saturated carbocycles. The van der Waals surface area contributed by atoms with E-state index in [4.69, 9.17) is 26.8 Å². The molecule has 0 aliphatic rings. The van der Waals surface area contributed by atoms with E-state index >= 15 is 0 Å². The number of halogens is 1. The van der Waals surface area contributed by atoms with Gasteiger partial charge in [0.2, 0.25) is 10.0 Å². The molecule has 0 fully saturated rings. The summed E-state index contributed by atoms with van der Waals surface area (Å²) in [7, 11) is -0.827. The summed E-state index contributed by atoms with van der Waals surface area (Å²) >= 11 is 5.96. The average Bonchev–Trinajstić information content (AvgIpc) is 2.38. The minimum Gasteiger partial charge on any atom is -0.493 e. The van der Waals surface area contributed by atoms with Crippen LogP contribution in [0.1, 0.15) is 6.42 Å². The van der Waals surface area contributed by atoms with E-state index in [0.717, 1.165) is 0 Å². The Balaban J connectivity index is 3.12. The first-order valence-electron chi connectivity index (χ1n) is 5.57. The summed E-state index contributed by atoms with van der Waals surface area (Å²) in [6, 6.07) is 2.73. The first kappa shape index (κ1) is 16.0. The summed E-state index contributed by atoms with van der Waals surface area (Å²) in [6.07, 6.45) is 0.546. The van der Waals surface area contributed by atoms with Crippen LogP contribution in [0.25, 0.3) is 0 Å². The summed E-state index contributed by atoms with van der Waals surface area (Å²) in [4.78, 5) is -0.0520. The van der Waals surface area contributed by atoms with Crippen LogP contribution in [0.2, 0.25) is 5.02 Å². The van der Waals surface area contributed by atoms with Gasteiger partial charge in [0.05, 0.1) is 19.2 Å². The molecule has 19 heavy (non-hydrogen) atoms. The predicted molar refractivity (Wildman–Crippen MR) is 73.4 cm³/mol. The van der Waals surface area contributed by atoms with E-state index < -0.39 is 10.0 Å². The van der Waals surface area contributed by atoms with E-state index in [1.165, 1.54) is 26.4 Å². The van der Waals surface area contributed by atoms with Gasteiger partial charge in [0, 0.05) is 18.7 Å². The van der Waals surface area contributed by atoms with Crippen LogP contribution in [0.15, 0.2) is 17.0 Å². The molecule has 108 valence electrons. The Kier molecular flexibility index (Phi) is 5.86. The molecule has 1 rings (SSSR count). The fraction of sp³-hybridized carbons (Fsp3) is 0.455. The molecule has 0 unspecified atom stereocenters. The number of hydrogen-bond donors (Lipinski definition) is 2. The molecule has 0 radical (unpaired) electrons. The van der Waals surface area contributed by atoms with Gasteiger partial charge < -0.3 is 15.2 Å². The molecule has 1 aromatic carbocycles. The van der Waals surface area contributed by atoms with Gasteiger partial charge in [0.25, 0.3) is 0 Å². The standard InChI is InChI=1S/C11H17ClN2O4S/c1-17-9-6-8(12)11(7-10(9)18-2)19(15,16)14-5-3-4-13/h6-7,14H,3-5,13H2,1-2H3. The highest BCUT2D eigenvalue weighted by Gasteiger charge is 2.20. The Morgan fingerprint density at radius 2 is 1.84 bits per heavy atom.